The van der Waals surface area contributed by atoms with Crippen molar-refractivity contribution in [3.8, 4) is 5.75 Å². The number of hydrogen-bond donors (Lipinski definition) is 1. The van der Waals surface area contributed by atoms with E-state index in [1.165, 1.54) is 4.90 Å². The summed E-state index contributed by atoms with van der Waals surface area (Å²) < 4.78 is 7.62. The van der Waals surface area contributed by atoms with E-state index in [2.05, 4.69) is 16.0 Å². The Hall–Kier alpha value is -4.13. The number of ether oxygens (including phenoxy) is 1. The SMILES string of the molecule is CC(C(=O)Nc1cccc(CCc2nc3ccccc3n2C)c1)N1C(=O)COc2ccccc21. The zero-order valence-electron chi connectivity index (χ0n) is 19.2. The van der Waals surface area contributed by atoms with E-state index in [4.69, 9.17) is 9.72 Å². The van der Waals surface area contributed by atoms with Crippen LogP contribution in [0.25, 0.3) is 11.0 Å². The van der Waals surface area contributed by atoms with Gasteiger partial charge in [0.15, 0.2) is 6.61 Å². The van der Waals surface area contributed by atoms with E-state index in [-0.39, 0.29) is 18.4 Å². The van der Waals surface area contributed by atoms with E-state index in [1.807, 2.05) is 61.6 Å². The summed E-state index contributed by atoms with van der Waals surface area (Å²) in [5.74, 6) is 1.13. The van der Waals surface area contributed by atoms with Gasteiger partial charge in [-0.15, -0.1) is 0 Å². The van der Waals surface area contributed by atoms with Gasteiger partial charge in [0, 0.05) is 19.2 Å². The first-order valence-corrected chi connectivity index (χ1v) is 11.4. The van der Waals surface area contributed by atoms with Crippen molar-refractivity contribution in [2.75, 3.05) is 16.8 Å². The molecule has 5 rings (SSSR count). The molecule has 0 saturated heterocycles. The van der Waals surface area contributed by atoms with Gasteiger partial charge >= 0.3 is 0 Å². The Balaban J connectivity index is 1.28. The van der Waals surface area contributed by atoms with Crippen LogP contribution in [-0.4, -0.2) is 34.0 Å². The van der Waals surface area contributed by atoms with E-state index in [1.54, 1.807) is 19.1 Å². The number of rotatable bonds is 6. The largest absolute Gasteiger partial charge is 0.482 e. The molecule has 3 aromatic carbocycles. The molecular weight excluding hydrogens is 428 g/mol. The van der Waals surface area contributed by atoms with Crippen molar-refractivity contribution in [1.82, 2.24) is 9.55 Å². The highest BCUT2D eigenvalue weighted by atomic mass is 16.5. The molecule has 0 aliphatic carbocycles. The average molecular weight is 455 g/mol. The maximum absolute atomic E-state index is 13.0. The zero-order valence-corrected chi connectivity index (χ0v) is 19.2. The third-order valence-corrected chi connectivity index (χ3v) is 6.22. The van der Waals surface area contributed by atoms with Crippen molar-refractivity contribution in [3.63, 3.8) is 0 Å². The number of nitrogens with zero attached hydrogens (tertiary/aromatic N) is 3. The molecule has 1 aliphatic rings. The van der Waals surface area contributed by atoms with Gasteiger partial charge in [-0.05, 0) is 55.3 Å². The first-order chi connectivity index (χ1) is 16.5. The van der Waals surface area contributed by atoms with Crippen LogP contribution in [0.2, 0.25) is 0 Å². The molecule has 1 atom stereocenters. The summed E-state index contributed by atoms with van der Waals surface area (Å²) in [6.45, 7) is 1.65. The number of imidazole rings is 1. The fourth-order valence-electron chi connectivity index (χ4n) is 4.39. The van der Waals surface area contributed by atoms with Crippen LogP contribution in [0.5, 0.6) is 5.75 Å². The van der Waals surface area contributed by atoms with Crippen LogP contribution >= 0.6 is 0 Å². The van der Waals surface area contributed by atoms with Gasteiger partial charge in [0.2, 0.25) is 5.91 Å². The van der Waals surface area contributed by atoms with Gasteiger partial charge in [-0.25, -0.2) is 4.98 Å². The van der Waals surface area contributed by atoms with E-state index in [0.717, 1.165) is 35.3 Å². The Morgan fingerprint density at radius 3 is 2.71 bits per heavy atom. The number of aromatic nitrogens is 2. The maximum Gasteiger partial charge on any atom is 0.265 e. The van der Waals surface area contributed by atoms with E-state index in [9.17, 15) is 9.59 Å². The van der Waals surface area contributed by atoms with Crippen molar-refractivity contribution in [3.05, 3.63) is 84.2 Å². The summed E-state index contributed by atoms with van der Waals surface area (Å²) in [7, 11) is 2.04. The van der Waals surface area contributed by atoms with Gasteiger partial charge in [-0.2, -0.15) is 0 Å². The summed E-state index contributed by atoms with van der Waals surface area (Å²) in [4.78, 5) is 31.8. The van der Waals surface area contributed by atoms with Gasteiger partial charge in [0.25, 0.3) is 5.91 Å². The predicted octanol–water partition coefficient (Wildman–Crippen LogP) is 4.11. The fraction of sp³-hybridized carbons (Fsp3) is 0.222. The highest BCUT2D eigenvalue weighted by Crippen LogP contribution is 2.33. The molecule has 1 aromatic heterocycles. The normalized spacial score (nSPS) is 13.9. The highest BCUT2D eigenvalue weighted by molar-refractivity contribution is 6.06. The quantitative estimate of drug-likeness (QED) is 0.476. The maximum atomic E-state index is 13.0. The number of anilines is 2. The number of fused-ring (bicyclic) bond motifs is 2. The summed E-state index contributed by atoms with van der Waals surface area (Å²) >= 11 is 0. The number of nitrogens with one attached hydrogen (secondary N) is 1. The van der Waals surface area contributed by atoms with Crippen molar-refractivity contribution in [2.24, 2.45) is 7.05 Å². The molecule has 172 valence electrons. The Morgan fingerprint density at radius 2 is 1.85 bits per heavy atom. The second-order valence-electron chi connectivity index (χ2n) is 8.46. The van der Waals surface area contributed by atoms with Gasteiger partial charge in [0.05, 0.1) is 16.7 Å². The number of carbonyl (C=O) groups excluding carboxylic acids is 2. The minimum atomic E-state index is -0.679. The first kappa shape index (κ1) is 21.7. The molecule has 2 amide bonds. The van der Waals surface area contributed by atoms with Crippen LogP contribution in [0.4, 0.5) is 11.4 Å². The standard InChI is InChI=1S/C27H26N4O3/c1-18(31-23-12-5-6-13-24(23)34-17-26(31)32)27(33)28-20-9-7-8-19(16-20)14-15-25-29-21-10-3-4-11-22(21)30(25)2/h3-13,16,18H,14-15,17H2,1-2H3,(H,28,33). The highest BCUT2D eigenvalue weighted by Gasteiger charge is 2.32. The van der Waals surface area contributed by atoms with Gasteiger partial charge in [-0.1, -0.05) is 36.4 Å². The Bertz CT molecular complexity index is 1380. The number of carbonyl (C=O) groups is 2. The third kappa shape index (κ3) is 4.12. The smallest absolute Gasteiger partial charge is 0.265 e. The van der Waals surface area contributed by atoms with Crippen LogP contribution in [0.1, 0.15) is 18.3 Å². The van der Waals surface area contributed by atoms with Gasteiger partial charge < -0.3 is 14.6 Å². The van der Waals surface area contributed by atoms with Crippen LogP contribution in [-0.2, 0) is 29.5 Å². The molecule has 1 aliphatic heterocycles. The number of para-hydroxylation sites is 4. The molecule has 7 heteroatoms. The number of benzene rings is 3. The second kappa shape index (κ2) is 9.02. The van der Waals surface area contributed by atoms with E-state index < -0.39 is 6.04 Å². The topological polar surface area (TPSA) is 76.5 Å². The summed E-state index contributed by atoms with van der Waals surface area (Å²) in [5.41, 5.74) is 4.53. The monoisotopic (exact) mass is 454 g/mol. The summed E-state index contributed by atoms with van der Waals surface area (Å²) in [6, 6.07) is 22.5. The molecule has 34 heavy (non-hydrogen) atoms. The molecule has 0 spiro atoms. The fourth-order valence-corrected chi connectivity index (χ4v) is 4.39. The average Bonchev–Trinajstić information content (AvgIpc) is 3.18. The minimum absolute atomic E-state index is 0.0771. The molecule has 1 unspecified atom stereocenters. The number of amides is 2. The second-order valence-corrected chi connectivity index (χ2v) is 8.46. The molecular formula is C27H26N4O3. The van der Waals surface area contributed by atoms with Gasteiger partial charge in [0.1, 0.15) is 17.6 Å². The lowest BCUT2D eigenvalue weighted by Gasteiger charge is -2.33. The molecule has 0 fully saturated rings. The predicted molar refractivity (Wildman–Crippen MR) is 132 cm³/mol. The Labute approximate surface area is 198 Å². The third-order valence-electron chi connectivity index (χ3n) is 6.22. The van der Waals surface area contributed by atoms with Crippen molar-refractivity contribution < 1.29 is 14.3 Å². The lowest BCUT2D eigenvalue weighted by molar-refractivity contribution is -0.125. The Morgan fingerprint density at radius 1 is 1.06 bits per heavy atom. The zero-order chi connectivity index (χ0) is 23.7. The summed E-state index contributed by atoms with van der Waals surface area (Å²) in [5, 5.41) is 2.97. The number of aryl methyl sites for hydroxylation is 3. The van der Waals surface area contributed by atoms with E-state index >= 15 is 0 Å². The van der Waals surface area contributed by atoms with Crippen LogP contribution in [0.3, 0.4) is 0 Å². The molecule has 2 heterocycles. The lowest BCUT2D eigenvalue weighted by atomic mass is 10.1. The van der Waals surface area contributed by atoms with E-state index in [0.29, 0.717) is 17.1 Å². The van der Waals surface area contributed by atoms with Crippen molar-refractivity contribution >= 4 is 34.2 Å². The lowest BCUT2D eigenvalue weighted by Crippen LogP contribution is -2.49. The molecule has 0 bridgehead atoms. The molecule has 1 N–H and O–H groups in total. The van der Waals surface area contributed by atoms with Crippen molar-refractivity contribution in [1.29, 1.82) is 0 Å². The molecule has 7 nitrogen and oxygen atoms in total. The Kier molecular flexibility index (Phi) is 5.76. The van der Waals surface area contributed by atoms with Gasteiger partial charge in [-0.3, -0.25) is 14.5 Å². The molecule has 0 radical (unpaired) electrons. The minimum Gasteiger partial charge on any atom is -0.482 e. The van der Waals surface area contributed by atoms with Crippen LogP contribution in [0.15, 0.2) is 72.8 Å². The molecule has 0 saturated carbocycles. The van der Waals surface area contributed by atoms with Crippen LogP contribution < -0.4 is 15.0 Å². The summed E-state index contributed by atoms with van der Waals surface area (Å²) in [6.07, 6.45) is 1.59. The van der Waals surface area contributed by atoms with Crippen LogP contribution in [0, 0.1) is 0 Å². The van der Waals surface area contributed by atoms with Crippen molar-refractivity contribution in [2.45, 2.75) is 25.8 Å². The first-order valence-electron chi connectivity index (χ1n) is 11.4. The number of hydrogen-bond acceptors (Lipinski definition) is 4. The molecule has 4 aromatic rings.